The zero-order valence-electron chi connectivity index (χ0n) is 17.5. The van der Waals surface area contributed by atoms with E-state index in [9.17, 15) is 23.1 Å². The topological polar surface area (TPSA) is 99.3 Å². The molecule has 33 heavy (non-hydrogen) atoms. The summed E-state index contributed by atoms with van der Waals surface area (Å²) in [6.07, 6.45) is 3.53. The van der Waals surface area contributed by atoms with Gasteiger partial charge >= 0.3 is 6.61 Å². The van der Waals surface area contributed by atoms with Crippen molar-refractivity contribution in [1.29, 1.82) is 0 Å². The second-order valence-corrected chi connectivity index (χ2v) is 7.77. The number of carbonyl (C=O) groups excluding carboxylic acids is 1. The third kappa shape index (κ3) is 5.04. The number of carbonyl (C=O) groups is 1. The Morgan fingerprint density at radius 2 is 2.12 bits per heavy atom. The molecule has 1 amide bonds. The lowest BCUT2D eigenvalue weighted by atomic mass is 10.0. The van der Waals surface area contributed by atoms with E-state index >= 15 is 0 Å². The van der Waals surface area contributed by atoms with Gasteiger partial charge in [0.2, 0.25) is 0 Å². The fourth-order valence-electron chi connectivity index (χ4n) is 4.06. The van der Waals surface area contributed by atoms with Crippen LogP contribution in [0.1, 0.15) is 34.8 Å². The summed E-state index contributed by atoms with van der Waals surface area (Å²) in [5.74, 6) is -1.35. The lowest BCUT2D eigenvalue weighted by Crippen LogP contribution is -2.33. The number of nitrogens with zero attached hydrogens (tertiary/aromatic N) is 3. The van der Waals surface area contributed by atoms with Crippen molar-refractivity contribution in [3.05, 3.63) is 59.7 Å². The molecule has 3 N–H and O–H groups in total. The van der Waals surface area contributed by atoms with Crippen LogP contribution < -0.4 is 15.0 Å². The smallest absolute Gasteiger partial charge is 0.387 e. The number of hydrogen-bond acceptors (Lipinski definition) is 6. The Balaban J connectivity index is 1.62. The van der Waals surface area contributed by atoms with Crippen LogP contribution in [0.15, 0.2) is 42.7 Å². The number of aliphatic hydroxyl groups excluding tert-OH is 2. The van der Waals surface area contributed by atoms with Crippen molar-refractivity contribution >= 4 is 17.1 Å². The number of aromatic nitrogens is 2. The molecule has 0 radical (unpaired) electrons. The molecule has 8 nitrogen and oxygen atoms in total. The molecule has 2 unspecified atom stereocenters. The van der Waals surface area contributed by atoms with Gasteiger partial charge in [-0.25, -0.2) is 8.91 Å². The SMILES string of the molecule is O=C(NCC(O)CO)c1cnn2ccc(N3CCCC3c3cc(F)cc(OC(F)F)c3)cc12. The number of benzene rings is 1. The number of hydrogen-bond donors (Lipinski definition) is 3. The average Bonchev–Trinajstić information content (AvgIpc) is 3.43. The Morgan fingerprint density at radius 3 is 2.88 bits per heavy atom. The van der Waals surface area contributed by atoms with Gasteiger partial charge in [0.1, 0.15) is 11.6 Å². The van der Waals surface area contributed by atoms with E-state index in [0.717, 1.165) is 18.2 Å². The van der Waals surface area contributed by atoms with E-state index in [0.29, 0.717) is 24.0 Å². The van der Waals surface area contributed by atoms with Gasteiger partial charge in [-0.1, -0.05) is 0 Å². The van der Waals surface area contributed by atoms with Gasteiger partial charge in [0.05, 0.1) is 36.0 Å². The first kappa shape index (κ1) is 22.9. The zero-order chi connectivity index (χ0) is 23.5. The van der Waals surface area contributed by atoms with Gasteiger partial charge in [0.25, 0.3) is 5.91 Å². The van der Waals surface area contributed by atoms with E-state index in [4.69, 9.17) is 5.11 Å². The molecule has 3 aromatic rings. The van der Waals surface area contributed by atoms with Gasteiger partial charge in [-0.15, -0.1) is 0 Å². The van der Waals surface area contributed by atoms with E-state index in [-0.39, 0.29) is 23.9 Å². The second-order valence-electron chi connectivity index (χ2n) is 7.77. The van der Waals surface area contributed by atoms with E-state index in [1.165, 1.54) is 22.8 Å². The molecule has 0 spiro atoms. The molecule has 2 atom stereocenters. The normalized spacial score (nSPS) is 17.0. The van der Waals surface area contributed by atoms with Gasteiger partial charge in [0, 0.05) is 31.0 Å². The highest BCUT2D eigenvalue weighted by Gasteiger charge is 2.28. The highest BCUT2D eigenvalue weighted by Crippen LogP contribution is 2.38. The minimum atomic E-state index is -3.05. The van der Waals surface area contributed by atoms with Crippen LogP contribution in [-0.2, 0) is 0 Å². The first-order chi connectivity index (χ1) is 15.9. The molecule has 1 aliphatic rings. The van der Waals surface area contributed by atoms with E-state index in [1.807, 2.05) is 11.0 Å². The van der Waals surface area contributed by atoms with Crippen LogP contribution >= 0.6 is 0 Å². The van der Waals surface area contributed by atoms with E-state index < -0.39 is 31.0 Å². The maximum absolute atomic E-state index is 14.1. The van der Waals surface area contributed by atoms with Crippen molar-refractivity contribution in [3.8, 4) is 5.75 Å². The molecule has 176 valence electrons. The summed E-state index contributed by atoms with van der Waals surface area (Å²) in [5, 5.41) is 25.1. The van der Waals surface area contributed by atoms with Crippen molar-refractivity contribution in [3.63, 3.8) is 0 Å². The molecule has 4 rings (SSSR count). The van der Waals surface area contributed by atoms with Gasteiger partial charge in [-0.3, -0.25) is 4.79 Å². The van der Waals surface area contributed by atoms with Crippen LogP contribution in [0.4, 0.5) is 18.9 Å². The molecule has 11 heteroatoms. The molecule has 0 aliphatic carbocycles. The van der Waals surface area contributed by atoms with Crippen LogP contribution in [0.25, 0.3) is 5.52 Å². The molecule has 0 saturated carbocycles. The van der Waals surface area contributed by atoms with Crippen molar-refractivity contribution in [2.45, 2.75) is 31.6 Å². The number of aliphatic hydroxyl groups is 2. The van der Waals surface area contributed by atoms with Crippen LogP contribution in [-0.4, -0.2) is 58.1 Å². The van der Waals surface area contributed by atoms with Crippen molar-refractivity contribution in [2.24, 2.45) is 0 Å². The van der Waals surface area contributed by atoms with Gasteiger partial charge in [0.15, 0.2) is 0 Å². The number of rotatable bonds is 8. The summed E-state index contributed by atoms with van der Waals surface area (Å²) in [5.41, 5.74) is 2.09. The number of amides is 1. The molecule has 1 saturated heterocycles. The predicted octanol–water partition coefficient (Wildman–Crippen LogP) is 2.50. The summed E-state index contributed by atoms with van der Waals surface area (Å²) in [6.45, 7) is -2.98. The Kier molecular flexibility index (Phi) is 6.70. The number of ether oxygens (including phenoxy) is 1. The molecule has 0 bridgehead atoms. The highest BCUT2D eigenvalue weighted by molar-refractivity contribution is 6.01. The zero-order valence-corrected chi connectivity index (χ0v) is 17.5. The number of halogens is 3. The first-order valence-electron chi connectivity index (χ1n) is 10.4. The quantitative estimate of drug-likeness (QED) is 0.474. The van der Waals surface area contributed by atoms with E-state index in [1.54, 1.807) is 12.3 Å². The number of anilines is 1. The minimum Gasteiger partial charge on any atom is -0.435 e. The van der Waals surface area contributed by atoms with Gasteiger partial charge in [-0.05, 0) is 42.7 Å². The fraction of sp³-hybridized carbons (Fsp3) is 0.364. The largest absolute Gasteiger partial charge is 0.435 e. The lowest BCUT2D eigenvalue weighted by Gasteiger charge is -2.27. The standard InChI is InChI=1S/C22H23F3N4O4/c23-14-6-13(7-17(8-14)33-22(24)25)19-2-1-4-28(19)15-3-5-29-20(9-15)18(11-27-29)21(32)26-10-16(31)12-30/h3,5-9,11,16,19,22,30-31H,1-2,4,10,12H2,(H,26,32). The Hall–Kier alpha value is -3.31. The number of nitrogens with one attached hydrogen (secondary N) is 1. The maximum atomic E-state index is 14.1. The fourth-order valence-corrected chi connectivity index (χ4v) is 4.06. The molecule has 1 aliphatic heterocycles. The van der Waals surface area contributed by atoms with Crippen molar-refractivity contribution in [2.75, 3.05) is 24.6 Å². The highest BCUT2D eigenvalue weighted by atomic mass is 19.3. The summed E-state index contributed by atoms with van der Waals surface area (Å²) in [4.78, 5) is 14.6. The third-order valence-electron chi connectivity index (χ3n) is 5.55. The van der Waals surface area contributed by atoms with Crippen LogP contribution in [0, 0.1) is 5.82 Å². The minimum absolute atomic E-state index is 0.108. The van der Waals surface area contributed by atoms with Crippen molar-refractivity contribution in [1.82, 2.24) is 14.9 Å². The Bertz CT molecular complexity index is 1140. The summed E-state index contributed by atoms with van der Waals surface area (Å²) >= 11 is 0. The van der Waals surface area contributed by atoms with Crippen molar-refractivity contribution < 1.29 is 32.9 Å². The molecular weight excluding hydrogens is 441 g/mol. The molecule has 3 heterocycles. The molecular formula is C22H23F3N4O4. The van der Waals surface area contributed by atoms with Crippen LogP contribution in [0.5, 0.6) is 5.75 Å². The van der Waals surface area contributed by atoms with Gasteiger partial charge < -0.3 is 25.2 Å². The van der Waals surface area contributed by atoms with Gasteiger partial charge in [-0.2, -0.15) is 13.9 Å². The lowest BCUT2D eigenvalue weighted by molar-refractivity contribution is -0.0500. The second kappa shape index (κ2) is 9.67. The molecule has 1 fully saturated rings. The number of pyridine rings is 1. The summed E-state index contributed by atoms with van der Waals surface area (Å²) in [6, 6.07) is 6.98. The summed E-state index contributed by atoms with van der Waals surface area (Å²) in [7, 11) is 0. The van der Waals surface area contributed by atoms with Crippen LogP contribution in [0.3, 0.4) is 0 Å². The number of alkyl halides is 2. The average molecular weight is 464 g/mol. The monoisotopic (exact) mass is 464 g/mol. The van der Waals surface area contributed by atoms with E-state index in [2.05, 4.69) is 15.2 Å². The summed E-state index contributed by atoms with van der Waals surface area (Å²) < 4.78 is 45.3. The van der Waals surface area contributed by atoms with Crippen LogP contribution in [0.2, 0.25) is 0 Å². The molecule has 1 aromatic carbocycles. The molecule has 2 aromatic heterocycles. The Labute approximate surface area is 187 Å². The number of fused-ring (bicyclic) bond motifs is 1. The maximum Gasteiger partial charge on any atom is 0.387 e. The first-order valence-corrected chi connectivity index (χ1v) is 10.4. The third-order valence-corrected chi connectivity index (χ3v) is 5.55. The predicted molar refractivity (Wildman–Crippen MR) is 113 cm³/mol. The Morgan fingerprint density at radius 1 is 1.30 bits per heavy atom.